The second kappa shape index (κ2) is 6.35. The first kappa shape index (κ1) is 14.4. The summed E-state index contributed by atoms with van der Waals surface area (Å²) < 4.78 is 22.5. The van der Waals surface area contributed by atoms with E-state index < -0.39 is 9.84 Å². The molecule has 1 atom stereocenters. The summed E-state index contributed by atoms with van der Waals surface area (Å²) in [7, 11) is -2.85. The van der Waals surface area contributed by atoms with Gasteiger partial charge in [-0.2, -0.15) is 0 Å². The molecule has 1 saturated heterocycles. The largest absolute Gasteiger partial charge is 0.353 e. The molecule has 0 bridgehead atoms. The normalized spacial score (nSPS) is 22.0. The van der Waals surface area contributed by atoms with Crippen molar-refractivity contribution in [3.8, 4) is 0 Å². The highest BCUT2D eigenvalue weighted by molar-refractivity contribution is 7.91. The van der Waals surface area contributed by atoms with Crippen molar-refractivity contribution in [2.45, 2.75) is 32.7 Å². The van der Waals surface area contributed by atoms with E-state index in [1.54, 1.807) is 0 Å². The molecule has 2 N–H and O–H groups in total. The highest BCUT2D eigenvalue weighted by Crippen LogP contribution is 2.12. The Morgan fingerprint density at radius 3 is 2.47 bits per heavy atom. The Kier molecular flexibility index (Phi) is 5.39. The summed E-state index contributed by atoms with van der Waals surface area (Å²) in [5, 5.41) is 6.04. The Balaban J connectivity index is 2.32. The molecule has 0 aliphatic carbocycles. The van der Waals surface area contributed by atoms with E-state index in [0.717, 1.165) is 6.54 Å². The molecule has 1 unspecified atom stereocenters. The van der Waals surface area contributed by atoms with Crippen LogP contribution in [0.2, 0.25) is 0 Å². The van der Waals surface area contributed by atoms with Crippen LogP contribution in [0.5, 0.6) is 0 Å². The fraction of sp³-hybridized carbons (Fsp3) is 0.909. The van der Waals surface area contributed by atoms with Gasteiger partial charge in [-0.25, -0.2) is 8.42 Å². The van der Waals surface area contributed by atoms with Crippen molar-refractivity contribution in [3.63, 3.8) is 0 Å². The van der Waals surface area contributed by atoms with Crippen LogP contribution in [0.4, 0.5) is 0 Å². The quantitative estimate of drug-likeness (QED) is 0.727. The van der Waals surface area contributed by atoms with Crippen LogP contribution in [-0.2, 0) is 14.6 Å². The van der Waals surface area contributed by atoms with E-state index in [4.69, 9.17) is 0 Å². The Labute approximate surface area is 103 Å². The molecule has 0 spiro atoms. The third-order valence-electron chi connectivity index (χ3n) is 3.05. The number of hydrogen-bond donors (Lipinski definition) is 2. The van der Waals surface area contributed by atoms with Gasteiger partial charge in [-0.15, -0.1) is 0 Å². The Bertz CT molecular complexity index is 340. The topological polar surface area (TPSA) is 75.3 Å². The molecule has 100 valence electrons. The third-order valence-corrected chi connectivity index (χ3v) is 4.76. The van der Waals surface area contributed by atoms with Gasteiger partial charge in [-0.05, 0) is 19.4 Å². The van der Waals surface area contributed by atoms with Gasteiger partial charge in [-0.1, -0.05) is 13.8 Å². The van der Waals surface area contributed by atoms with Crippen LogP contribution in [0, 0.1) is 5.92 Å². The van der Waals surface area contributed by atoms with Crippen LogP contribution in [0.1, 0.15) is 26.7 Å². The molecule has 1 aliphatic rings. The maximum atomic E-state index is 11.8. The predicted molar refractivity (Wildman–Crippen MR) is 67.5 cm³/mol. The lowest BCUT2D eigenvalue weighted by Crippen LogP contribution is -2.44. The highest BCUT2D eigenvalue weighted by Gasteiger charge is 2.25. The fourth-order valence-electron chi connectivity index (χ4n) is 1.83. The van der Waals surface area contributed by atoms with E-state index in [9.17, 15) is 13.2 Å². The van der Waals surface area contributed by atoms with E-state index in [1.165, 1.54) is 0 Å². The second-order valence-corrected chi connectivity index (χ2v) is 6.95. The van der Waals surface area contributed by atoms with Gasteiger partial charge in [0.05, 0.1) is 11.5 Å². The van der Waals surface area contributed by atoms with Crippen molar-refractivity contribution < 1.29 is 13.2 Å². The second-order valence-electron chi connectivity index (χ2n) is 4.64. The minimum absolute atomic E-state index is 0.00949. The molecule has 1 amide bonds. The maximum Gasteiger partial charge on any atom is 0.224 e. The van der Waals surface area contributed by atoms with Crippen molar-refractivity contribution in [2.24, 2.45) is 5.92 Å². The summed E-state index contributed by atoms with van der Waals surface area (Å²) >= 11 is 0. The van der Waals surface area contributed by atoms with Crippen molar-refractivity contribution >= 4 is 15.7 Å². The first-order chi connectivity index (χ1) is 7.94. The lowest BCUT2D eigenvalue weighted by Gasteiger charge is -2.24. The molecule has 1 heterocycles. The third kappa shape index (κ3) is 5.04. The zero-order chi connectivity index (χ0) is 12.9. The number of amides is 1. The molecule has 0 aromatic carbocycles. The van der Waals surface area contributed by atoms with Crippen molar-refractivity contribution in [1.82, 2.24) is 10.6 Å². The van der Waals surface area contributed by atoms with Gasteiger partial charge in [0.25, 0.3) is 0 Å². The standard InChI is InChI=1S/C11H22N2O3S/c1-3-12-8-9(2)11(14)13-10-4-6-17(15,16)7-5-10/h9-10,12H,3-8H2,1-2H3,(H,13,14). The fourth-order valence-corrected chi connectivity index (χ4v) is 3.32. The molecule has 0 aromatic heterocycles. The predicted octanol–water partition coefficient (Wildman–Crippen LogP) is -0.0746. The van der Waals surface area contributed by atoms with Crippen LogP contribution < -0.4 is 10.6 Å². The van der Waals surface area contributed by atoms with Crippen LogP contribution in [0.15, 0.2) is 0 Å². The lowest BCUT2D eigenvalue weighted by atomic mass is 10.1. The van der Waals surface area contributed by atoms with Crippen LogP contribution in [0.3, 0.4) is 0 Å². The van der Waals surface area contributed by atoms with Crippen molar-refractivity contribution in [2.75, 3.05) is 24.6 Å². The Morgan fingerprint density at radius 2 is 1.94 bits per heavy atom. The van der Waals surface area contributed by atoms with Crippen LogP contribution >= 0.6 is 0 Å². The van der Waals surface area contributed by atoms with E-state index in [0.29, 0.717) is 19.4 Å². The molecule has 6 heteroatoms. The number of hydrogen-bond acceptors (Lipinski definition) is 4. The monoisotopic (exact) mass is 262 g/mol. The first-order valence-electron chi connectivity index (χ1n) is 6.16. The highest BCUT2D eigenvalue weighted by atomic mass is 32.2. The van der Waals surface area contributed by atoms with Gasteiger partial charge in [0.1, 0.15) is 9.84 Å². The average molecular weight is 262 g/mol. The summed E-state index contributed by atoms with van der Waals surface area (Å²) in [5.74, 6) is 0.322. The van der Waals surface area contributed by atoms with Crippen LogP contribution in [-0.4, -0.2) is 45.0 Å². The van der Waals surface area contributed by atoms with E-state index in [1.807, 2.05) is 13.8 Å². The van der Waals surface area contributed by atoms with E-state index >= 15 is 0 Å². The molecule has 1 rings (SSSR count). The Morgan fingerprint density at radius 1 is 1.35 bits per heavy atom. The molecular weight excluding hydrogens is 240 g/mol. The zero-order valence-electron chi connectivity index (χ0n) is 10.5. The van der Waals surface area contributed by atoms with Crippen molar-refractivity contribution in [3.05, 3.63) is 0 Å². The van der Waals surface area contributed by atoms with E-state index in [-0.39, 0.29) is 29.4 Å². The number of carbonyl (C=O) groups is 1. The summed E-state index contributed by atoms with van der Waals surface area (Å²) in [6.07, 6.45) is 1.09. The number of rotatable bonds is 5. The minimum atomic E-state index is -2.85. The summed E-state index contributed by atoms with van der Waals surface area (Å²) in [5.41, 5.74) is 0. The molecule has 17 heavy (non-hydrogen) atoms. The van der Waals surface area contributed by atoms with Crippen LogP contribution in [0.25, 0.3) is 0 Å². The van der Waals surface area contributed by atoms with Gasteiger partial charge < -0.3 is 10.6 Å². The van der Waals surface area contributed by atoms with Gasteiger partial charge in [-0.3, -0.25) is 4.79 Å². The van der Waals surface area contributed by atoms with Crippen molar-refractivity contribution in [1.29, 1.82) is 0 Å². The maximum absolute atomic E-state index is 11.8. The molecule has 1 aliphatic heterocycles. The average Bonchev–Trinajstić information content (AvgIpc) is 2.28. The molecule has 0 saturated carbocycles. The van der Waals surface area contributed by atoms with Gasteiger partial charge in [0.15, 0.2) is 0 Å². The number of sulfone groups is 1. The zero-order valence-corrected chi connectivity index (χ0v) is 11.3. The minimum Gasteiger partial charge on any atom is -0.353 e. The lowest BCUT2D eigenvalue weighted by molar-refractivity contribution is -0.125. The molecule has 1 fully saturated rings. The molecular formula is C11H22N2O3S. The SMILES string of the molecule is CCNCC(C)C(=O)NC1CCS(=O)(=O)CC1. The number of nitrogens with one attached hydrogen (secondary N) is 2. The smallest absolute Gasteiger partial charge is 0.224 e. The number of carbonyl (C=O) groups excluding carboxylic acids is 1. The molecule has 5 nitrogen and oxygen atoms in total. The summed E-state index contributed by atoms with van der Waals surface area (Å²) in [4.78, 5) is 11.8. The van der Waals surface area contributed by atoms with E-state index in [2.05, 4.69) is 10.6 Å². The first-order valence-corrected chi connectivity index (χ1v) is 7.98. The summed E-state index contributed by atoms with van der Waals surface area (Å²) in [6.45, 7) is 5.38. The Hall–Kier alpha value is -0.620. The van der Waals surface area contributed by atoms with Gasteiger partial charge in [0.2, 0.25) is 5.91 Å². The van der Waals surface area contributed by atoms with Gasteiger partial charge >= 0.3 is 0 Å². The van der Waals surface area contributed by atoms with Gasteiger partial charge in [0, 0.05) is 18.5 Å². The molecule has 0 radical (unpaired) electrons. The molecule has 0 aromatic rings. The summed E-state index contributed by atoms with van der Waals surface area (Å²) in [6, 6.07) is 0.0232.